The fourth-order valence-corrected chi connectivity index (χ4v) is 4.49. The van der Waals surface area contributed by atoms with E-state index in [0.717, 1.165) is 17.7 Å². The summed E-state index contributed by atoms with van der Waals surface area (Å²) >= 11 is 0. The van der Waals surface area contributed by atoms with Crippen LogP contribution >= 0.6 is 0 Å². The number of pyridine rings is 2. The first-order chi connectivity index (χ1) is 17.9. The van der Waals surface area contributed by atoms with Gasteiger partial charge in [-0.25, -0.2) is 19.3 Å². The van der Waals surface area contributed by atoms with Crippen molar-refractivity contribution in [2.24, 2.45) is 0 Å². The van der Waals surface area contributed by atoms with Crippen LogP contribution in [0.15, 0.2) is 60.9 Å². The van der Waals surface area contributed by atoms with E-state index in [4.69, 9.17) is 4.74 Å². The number of amides is 1. The van der Waals surface area contributed by atoms with Crippen molar-refractivity contribution in [3.05, 3.63) is 83.6 Å². The van der Waals surface area contributed by atoms with Gasteiger partial charge in [-0.3, -0.25) is 4.79 Å². The van der Waals surface area contributed by atoms with Gasteiger partial charge in [-0.05, 0) is 42.7 Å². The zero-order valence-electron chi connectivity index (χ0n) is 20.7. The minimum absolute atomic E-state index is 0.00729. The van der Waals surface area contributed by atoms with Crippen molar-refractivity contribution in [2.75, 3.05) is 24.6 Å². The summed E-state index contributed by atoms with van der Waals surface area (Å²) in [5, 5.41) is 16.6. The lowest BCUT2D eigenvalue weighted by Crippen LogP contribution is -2.37. The van der Waals surface area contributed by atoms with Gasteiger partial charge in [-0.15, -0.1) is 5.10 Å². The Morgan fingerprint density at radius 2 is 2.03 bits per heavy atom. The Morgan fingerprint density at radius 1 is 1.22 bits per heavy atom. The number of hydrogen-bond donors (Lipinski definition) is 2. The maximum Gasteiger partial charge on any atom is 0.354 e. The lowest BCUT2D eigenvalue weighted by molar-refractivity contribution is 0.0690. The molecule has 4 heterocycles. The molecule has 1 amide bonds. The lowest BCUT2D eigenvalue weighted by Gasteiger charge is -2.19. The van der Waals surface area contributed by atoms with E-state index in [2.05, 4.69) is 39.4 Å². The highest BCUT2D eigenvalue weighted by atomic mass is 16.5. The second kappa shape index (κ2) is 10.3. The van der Waals surface area contributed by atoms with Crippen molar-refractivity contribution in [1.29, 1.82) is 0 Å². The summed E-state index contributed by atoms with van der Waals surface area (Å²) < 4.78 is 7.61. The van der Waals surface area contributed by atoms with Crippen molar-refractivity contribution in [1.82, 2.24) is 24.9 Å². The first-order valence-electron chi connectivity index (χ1n) is 12.2. The predicted octanol–water partition coefficient (Wildman–Crippen LogP) is 3.32. The number of carbonyl (C=O) groups excluding carboxylic acids is 1. The van der Waals surface area contributed by atoms with E-state index in [9.17, 15) is 14.7 Å². The molecule has 0 bridgehead atoms. The first-order valence-corrected chi connectivity index (χ1v) is 12.2. The fraction of sp³-hybridized carbons (Fsp3) is 0.296. The van der Waals surface area contributed by atoms with Crippen LogP contribution in [0.5, 0.6) is 5.75 Å². The van der Waals surface area contributed by atoms with E-state index in [1.807, 2.05) is 36.1 Å². The SMILES string of the molecule is Cc1cc(OC[C@H](C)c2ccccc2)cn2nc(C(=O)NC3CCN(c4ccnc(C(=O)O)c4)C3)nc12. The molecule has 0 aliphatic carbocycles. The molecule has 1 aliphatic rings. The molecule has 10 heteroatoms. The molecule has 0 spiro atoms. The van der Waals surface area contributed by atoms with Gasteiger partial charge in [-0.2, -0.15) is 0 Å². The topological polar surface area (TPSA) is 122 Å². The third-order valence-electron chi connectivity index (χ3n) is 6.52. The van der Waals surface area contributed by atoms with Crippen LogP contribution in [0.2, 0.25) is 0 Å². The van der Waals surface area contributed by atoms with Crippen molar-refractivity contribution in [3.63, 3.8) is 0 Å². The Hall–Kier alpha value is -4.47. The highest BCUT2D eigenvalue weighted by molar-refractivity contribution is 5.91. The molecular weight excluding hydrogens is 472 g/mol. The monoisotopic (exact) mass is 500 g/mol. The molecule has 1 saturated heterocycles. The van der Waals surface area contributed by atoms with Crippen LogP contribution in [0.3, 0.4) is 0 Å². The van der Waals surface area contributed by atoms with Crippen LogP contribution in [0, 0.1) is 6.92 Å². The summed E-state index contributed by atoms with van der Waals surface area (Å²) in [5.74, 6) is -0.444. The third kappa shape index (κ3) is 5.37. The summed E-state index contributed by atoms with van der Waals surface area (Å²) in [6.07, 6.45) is 3.94. The molecule has 0 radical (unpaired) electrons. The highest BCUT2D eigenvalue weighted by Gasteiger charge is 2.26. The van der Waals surface area contributed by atoms with Gasteiger partial charge in [0.25, 0.3) is 5.91 Å². The quantitative estimate of drug-likeness (QED) is 0.378. The molecule has 2 atom stereocenters. The zero-order chi connectivity index (χ0) is 25.9. The summed E-state index contributed by atoms with van der Waals surface area (Å²) in [5.41, 5.74) is 3.42. The second-order valence-corrected chi connectivity index (χ2v) is 9.29. The predicted molar refractivity (Wildman–Crippen MR) is 137 cm³/mol. The van der Waals surface area contributed by atoms with E-state index in [1.165, 1.54) is 11.8 Å². The number of rotatable bonds is 8. The first kappa shape index (κ1) is 24.2. The molecular formula is C27H28N6O4. The van der Waals surface area contributed by atoms with Gasteiger partial charge in [0.1, 0.15) is 11.4 Å². The number of benzene rings is 1. The van der Waals surface area contributed by atoms with Crippen LogP contribution in [0.1, 0.15) is 51.5 Å². The summed E-state index contributed by atoms with van der Waals surface area (Å²) in [6.45, 7) is 5.78. The molecule has 1 aromatic carbocycles. The van der Waals surface area contributed by atoms with E-state index < -0.39 is 5.97 Å². The standard InChI is InChI=1S/C27H28N6O4/c1-17-12-22(37-16-18(2)19-6-4-3-5-7-19)15-33-25(17)30-24(31-33)26(34)29-20-9-11-32(14-20)21-8-10-28-23(13-21)27(35)36/h3-8,10,12-13,15,18,20H,9,11,14,16H2,1-2H3,(H,29,34)(H,35,36)/t18-,20?/m0/s1. The summed E-state index contributed by atoms with van der Waals surface area (Å²) in [4.78, 5) is 34.5. The molecule has 37 heavy (non-hydrogen) atoms. The molecule has 1 fully saturated rings. The van der Waals surface area contributed by atoms with Crippen LogP contribution in [0.4, 0.5) is 5.69 Å². The number of nitrogens with one attached hydrogen (secondary N) is 1. The van der Waals surface area contributed by atoms with E-state index in [0.29, 0.717) is 31.1 Å². The zero-order valence-corrected chi connectivity index (χ0v) is 20.7. The molecule has 1 aliphatic heterocycles. The van der Waals surface area contributed by atoms with Gasteiger partial charge in [0.2, 0.25) is 5.82 Å². The van der Waals surface area contributed by atoms with Crippen molar-refractivity contribution in [3.8, 4) is 5.75 Å². The van der Waals surface area contributed by atoms with Gasteiger partial charge >= 0.3 is 5.97 Å². The molecule has 2 N–H and O–H groups in total. The smallest absolute Gasteiger partial charge is 0.354 e. The average molecular weight is 501 g/mol. The number of aryl methyl sites for hydroxylation is 1. The summed E-state index contributed by atoms with van der Waals surface area (Å²) in [6, 6.07) is 15.3. The second-order valence-electron chi connectivity index (χ2n) is 9.29. The van der Waals surface area contributed by atoms with Crippen LogP contribution in [-0.4, -0.2) is 62.3 Å². The van der Waals surface area contributed by atoms with Gasteiger partial charge in [0.05, 0.1) is 12.8 Å². The van der Waals surface area contributed by atoms with Gasteiger partial charge in [0, 0.05) is 36.9 Å². The van der Waals surface area contributed by atoms with E-state index in [1.54, 1.807) is 22.8 Å². The Labute approximate surface area is 213 Å². The molecule has 1 unspecified atom stereocenters. The molecule has 10 nitrogen and oxygen atoms in total. The number of carboxylic acids is 1. The molecule has 5 rings (SSSR count). The van der Waals surface area contributed by atoms with E-state index in [-0.39, 0.29) is 29.4 Å². The largest absolute Gasteiger partial charge is 0.491 e. The van der Waals surface area contributed by atoms with Crippen LogP contribution in [0.25, 0.3) is 5.65 Å². The van der Waals surface area contributed by atoms with Gasteiger partial charge < -0.3 is 20.1 Å². The molecule has 190 valence electrons. The number of aromatic nitrogens is 4. The number of ether oxygens (including phenoxy) is 1. The number of carbonyl (C=O) groups is 2. The number of fused-ring (bicyclic) bond motifs is 1. The molecule has 4 aromatic rings. The Morgan fingerprint density at radius 3 is 2.81 bits per heavy atom. The molecule has 0 saturated carbocycles. The number of carboxylic acid groups (broad SMARTS) is 1. The number of anilines is 1. The van der Waals surface area contributed by atoms with Crippen LogP contribution < -0.4 is 15.0 Å². The fourth-order valence-electron chi connectivity index (χ4n) is 4.49. The Balaban J connectivity index is 1.23. The number of nitrogens with zero attached hydrogens (tertiary/aromatic N) is 5. The molecule has 3 aromatic heterocycles. The van der Waals surface area contributed by atoms with Crippen molar-refractivity contribution < 1.29 is 19.4 Å². The van der Waals surface area contributed by atoms with E-state index >= 15 is 0 Å². The number of aromatic carboxylic acids is 1. The maximum atomic E-state index is 12.9. The van der Waals surface area contributed by atoms with Gasteiger partial charge in [-0.1, -0.05) is 37.3 Å². The highest BCUT2D eigenvalue weighted by Crippen LogP contribution is 2.22. The number of hydrogen-bond acceptors (Lipinski definition) is 7. The minimum Gasteiger partial charge on any atom is -0.491 e. The maximum absolute atomic E-state index is 12.9. The Bertz CT molecular complexity index is 1440. The third-order valence-corrected chi connectivity index (χ3v) is 6.52. The van der Waals surface area contributed by atoms with Crippen molar-refractivity contribution in [2.45, 2.75) is 32.2 Å². The Kier molecular flexibility index (Phi) is 6.72. The van der Waals surface area contributed by atoms with Crippen molar-refractivity contribution >= 4 is 23.2 Å². The lowest BCUT2D eigenvalue weighted by atomic mass is 10.0. The normalized spacial score (nSPS) is 16.1. The minimum atomic E-state index is -1.07. The van der Waals surface area contributed by atoms with Gasteiger partial charge in [0.15, 0.2) is 5.65 Å². The average Bonchev–Trinajstić information content (AvgIpc) is 3.55. The van der Waals surface area contributed by atoms with Crippen LogP contribution in [-0.2, 0) is 0 Å². The summed E-state index contributed by atoms with van der Waals surface area (Å²) in [7, 11) is 0.